The van der Waals surface area contributed by atoms with Crippen LogP contribution in [0, 0.1) is 12.8 Å². The van der Waals surface area contributed by atoms with Crippen molar-refractivity contribution in [3.05, 3.63) is 59.9 Å². The Kier molecular flexibility index (Phi) is 7.48. The van der Waals surface area contributed by atoms with E-state index in [-0.39, 0.29) is 6.04 Å². The summed E-state index contributed by atoms with van der Waals surface area (Å²) in [5.74, 6) is 1.34. The first-order valence-corrected chi connectivity index (χ1v) is 13.1. The molecule has 0 radical (unpaired) electrons. The highest BCUT2D eigenvalue weighted by atomic mass is 32.2. The van der Waals surface area contributed by atoms with Gasteiger partial charge in [-0.15, -0.1) is 0 Å². The molecule has 0 amide bonds. The number of para-hydroxylation sites is 2. The lowest BCUT2D eigenvalue weighted by Crippen LogP contribution is -2.47. The third-order valence-corrected chi connectivity index (χ3v) is 7.62. The summed E-state index contributed by atoms with van der Waals surface area (Å²) < 4.78 is 36.8. The van der Waals surface area contributed by atoms with Crippen molar-refractivity contribution in [3.8, 4) is 0 Å². The van der Waals surface area contributed by atoms with Crippen LogP contribution in [0.3, 0.4) is 0 Å². The summed E-state index contributed by atoms with van der Waals surface area (Å²) in [5, 5.41) is 0. The fourth-order valence-corrected chi connectivity index (χ4v) is 5.70. The number of aryl methyl sites for hydroxylation is 1. The molecule has 1 atom stereocenters. The van der Waals surface area contributed by atoms with E-state index in [1.807, 2.05) is 37.3 Å². The molecule has 4 rings (SSSR count). The maximum atomic E-state index is 13.2. The molecule has 1 unspecified atom stereocenters. The number of aromatic nitrogens is 2. The van der Waals surface area contributed by atoms with E-state index in [2.05, 4.69) is 39.1 Å². The maximum absolute atomic E-state index is 13.2. The Balaban J connectivity index is 1.47. The van der Waals surface area contributed by atoms with Crippen LogP contribution >= 0.6 is 0 Å². The molecule has 0 saturated carbocycles. The Labute approximate surface area is 196 Å². The second kappa shape index (κ2) is 10.3. The van der Waals surface area contributed by atoms with Crippen LogP contribution in [-0.2, 0) is 21.3 Å². The van der Waals surface area contributed by atoms with Gasteiger partial charge < -0.3 is 9.30 Å². The lowest BCUT2D eigenvalue weighted by Gasteiger charge is -2.31. The lowest BCUT2D eigenvalue weighted by molar-refractivity contribution is 0.0337. The first kappa shape index (κ1) is 23.9. The number of sulfonamides is 1. The summed E-state index contributed by atoms with van der Waals surface area (Å²) in [6.45, 7) is 10.7. The highest BCUT2D eigenvalue weighted by molar-refractivity contribution is 7.89. The average Bonchev–Trinajstić information content (AvgIpc) is 3.09. The number of ether oxygens (including phenoxy) is 1. The topological polar surface area (TPSA) is 76.5 Å². The summed E-state index contributed by atoms with van der Waals surface area (Å²) in [5.41, 5.74) is 3.08. The van der Waals surface area contributed by atoms with Gasteiger partial charge in [0.2, 0.25) is 10.0 Å². The molecule has 1 saturated heterocycles. The number of imidazole rings is 1. The molecule has 8 heteroatoms. The van der Waals surface area contributed by atoms with Gasteiger partial charge in [-0.3, -0.25) is 4.90 Å². The van der Waals surface area contributed by atoms with Gasteiger partial charge in [-0.1, -0.05) is 38.1 Å². The Morgan fingerprint density at radius 1 is 1.06 bits per heavy atom. The van der Waals surface area contributed by atoms with E-state index < -0.39 is 10.0 Å². The van der Waals surface area contributed by atoms with Crippen LogP contribution < -0.4 is 4.72 Å². The third-order valence-electron chi connectivity index (χ3n) is 6.08. The number of hydrogen-bond acceptors (Lipinski definition) is 5. The molecular formula is C25H34N4O3S. The van der Waals surface area contributed by atoms with E-state index in [4.69, 9.17) is 4.74 Å². The first-order chi connectivity index (χ1) is 15.8. The van der Waals surface area contributed by atoms with Crippen LogP contribution in [0.15, 0.2) is 53.4 Å². The van der Waals surface area contributed by atoms with E-state index in [0.29, 0.717) is 37.1 Å². The predicted molar refractivity (Wildman–Crippen MR) is 131 cm³/mol. The van der Waals surface area contributed by atoms with E-state index >= 15 is 0 Å². The first-order valence-electron chi connectivity index (χ1n) is 11.6. The molecule has 33 heavy (non-hydrogen) atoms. The summed E-state index contributed by atoms with van der Waals surface area (Å²) in [7, 11) is -3.60. The molecule has 0 spiro atoms. The van der Waals surface area contributed by atoms with Gasteiger partial charge in [0.25, 0.3) is 0 Å². The molecule has 1 fully saturated rings. The van der Waals surface area contributed by atoms with Crippen LogP contribution in [0.25, 0.3) is 11.0 Å². The SMILES string of the molecule is Cc1nc2ccccc2n1Cc1ccc(S(=O)(=O)NC(CC(C)C)CN2CCOCC2)cc1. The average molecular weight is 471 g/mol. The van der Waals surface area contributed by atoms with Crippen LogP contribution in [0.2, 0.25) is 0 Å². The summed E-state index contributed by atoms with van der Waals surface area (Å²) in [6.07, 6.45) is 0.793. The Morgan fingerprint density at radius 2 is 1.76 bits per heavy atom. The molecule has 2 aromatic carbocycles. The van der Waals surface area contributed by atoms with Gasteiger partial charge in [0.05, 0.1) is 29.1 Å². The Hall–Kier alpha value is -2.26. The molecule has 2 heterocycles. The third kappa shape index (κ3) is 6.00. The minimum absolute atomic E-state index is 0.132. The Morgan fingerprint density at radius 3 is 2.45 bits per heavy atom. The van der Waals surface area contributed by atoms with Gasteiger partial charge in [0.15, 0.2) is 0 Å². The predicted octanol–water partition coefficient (Wildman–Crippen LogP) is 3.42. The second-order valence-electron chi connectivity index (χ2n) is 9.24. The number of nitrogens with zero attached hydrogens (tertiary/aromatic N) is 3. The van der Waals surface area contributed by atoms with Crippen molar-refractivity contribution in [3.63, 3.8) is 0 Å². The molecule has 3 aromatic rings. The van der Waals surface area contributed by atoms with Crippen molar-refractivity contribution >= 4 is 21.1 Å². The molecule has 1 aliphatic heterocycles. The molecule has 7 nitrogen and oxygen atoms in total. The van der Waals surface area contributed by atoms with Gasteiger partial charge in [0, 0.05) is 32.2 Å². The molecule has 0 aliphatic carbocycles. The van der Waals surface area contributed by atoms with Gasteiger partial charge in [0.1, 0.15) is 5.82 Å². The standard InChI is InChI=1S/C25H34N4O3S/c1-19(2)16-22(18-28-12-14-32-15-13-28)27-33(30,31)23-10-8-21(9-11-23)17-29-20(3)26-24-6-4-5-7-25(24)29/h4-11,19,22,27H,12-18H2,1-3H3. The van der Waals surface area contributed by atoms with Crippen molar-refractivity contribution < 1.29 is 13.2 Å². The minimum Gasteiger partial charge on any atom is -0.379 e. The van der Waals surface area contributed by atoms with Crippen molar-refractivity contribution in [2.45, 2.75) is 44.7 Å². The monoisotopic (exact) mass is 470 g/mol. The number of fused-ring (bicyclic) bond motifs is 1. The number of morpholine rings is 1. The van der Waals surface area contributed by atoms with Crippen molar-refractivity contribution in [2.24, 2.45) is 5.92 Å². The minimum atomic E-state index is -3.60. The van der Waals surface area contributed by atoms with Crippen LogP contribution in [0.5, 0.6) is 0 Å². The zero-order valence-corrected chi connectivity index (χ0v) is 20.5. The molecule has 1 N–H and O–H groups in total. The molecule has 1 aliphatic rings. The van der Waals surface area contributed by atoms with E-state index in [1.165, 1.54) is 0 Å². The van der Waals surface area contributed by atoms with E-state index in [1.54, 1.807) is 12.1 Å². The maximum Gasteiger partial charge on any atom is 0.240 e. The van der Waals surface area contributed by atoms with Crippen molar-refractivity contribution in [1.82, 2.24) is 19.2 Å². The molecular weight excluding hydrogens is 436 g/mol. The molecule has 1 aromatic heterocycles. The van der Waals surface area contributed by atoms with Gasteiger partial charge >= 0.3 is 0 Å². The fraction of sp³-hybridized carbons (Fsp3) is 0.480. The molecule has 0 bridgehead atoms. The number of hydrogen-bond donors (Lipinski definition) is 1. The van der Waals surface area contributed by atoms with Crippen LogP contribution in [-0.4, -0.2) is 61.8 Å². The van der Waals surface area contributed by atoms with E-state index in [0.717, 1.165) is 41.9 Å². The zero-order chi connectivity index (χ0) is 23.4. The smallest absolute Gasteiger partial charge is 0.240 e. The summed E-state index contributed by atoms with van der Waals surface area (Å²) in [6, 6.07) is 15.1. The second-order valence-corrected chi connectivity index (χ2v) is 11.0. The van der Waals surface area contributed by atoms with Crippen molar-refractivity contribution in [2.75, 3.05) is 32.8 Å². The van der Waals surface area contributed by atoms with Gasteiger partial charge in [-0.05, 0) is 49.1 Å². The summed E-state index contributed by atoms with van der Waals surface area (Å²) >= 11 is 0. The number of nitrogens with one attached hydrogen (secondary N) is 1. The number of benzene rings is 2. The normalized spacial score (nSPS) is 16.5. The fourth-order valence-electron chi connectivity index (χ4n) is 4.46. The summed E-state index contributed by atoms with van der Waals surface area (Å²) in [4.78, 5) is 7.19. The lowest BCUT2D eigenvalue weighted by atomic mass is 10.0. The van der Waals surface area contributed by atoms with E-state index in [9.17, 15) is 8.42 Å². The zero-order valence-electron chi connectivity index (χ0n) is 19.7. The van der Waals surface area contributed by atoms with Gasteiger partial charge in [-0.2, -0.15) is 0 Å². The van der Waals surface area contributed by atoms with Crippen molar-refractivity contribution in [1.29, 1.82) is 0 Å². The van der Waals surface area contributed by atoms with Crippen LogP contribution in [0.4, 0.5) is 0 Å². The molecule has 178 valence electrons. The number of rotatable bonds is 9. The quantitative estimate of drug-likeness (QED) is 0.519. The van der Waals surface area contributed by atoms with Crippen LogP contribution in [0.1, 0.15) is 31.7 Å². The highest BCUT2D eigenvalue weighted by Crippen LogP contribution is 2.19. The van der Waals surface area contributed by atoms with Gasteiger partial charge in [-0.25, -0.2) is 18.1 Å². The largest absolute Gasteiger partial charge is 0.379 e. The highest BCUT2D eigenvalue weighted by Gasteiger charge is 2.24. The Bertz CT molecular complexity index is 1170.